The maximum Gasteiger partial charge on any atom is 0.343 e. The largest absolute Gasteiger partial charge is 0.460 e. The topological polar surface area (TPSA) is 35.5 Å². The number of hydrogen-bond acceptors (Lipinski definition) is 3. The molecule has 2 heterocycles. The van der Waals surface area contributed by atoms with Gasteiger partial charge < -0.3 is 9.47 Å². The van der Waals surface area contributed by atoms with Crippen LogP contribution in [0.3, 0.4) is 0 Å². The lowest BCUT2D eigenvalue weighted by molar-refractivity contribution is 0.0691. The van der Waals surface area contributed by atoms with Gasteiger partial charge in [-0.2, -0.15) is 0 Å². The summed E-state index contributed by atoms with van der Waals surface area (Å²) in [7, 11) is 0. The third-order valence-electron chi connectivity index (χ3n) is 4.85. The maximum absolute atomic E-state index is 12.6. The summed E-state index contributed by atoms with van der Waals surface area (Å²) in [5.41, 5.74) is 3.00. The first-order valence-corrected chi connectivity index (χ1v) is 8.68. The number of allylic oxidation sites excluding steroid dienone is 5. The molecule has 0 atom stereocenters. The van der Waals surface area contributed by atoms with Crippen LogP contribution in [0.15, 0.2) is 72.9 Å². The van der Waals surface area contributed by atoms with Crippen molar-refractivity contribution in [3.8, 4) is 5.75 Å². The molecule has 126 valence electrons. The van der Waals surface area contributed by atoms with Crippen molar-refractivity contribution in [2.75, 3.05) is 0 Å². The molecular weight excluding hydrogens is 324 g/mol. The van der Waals surface area contributed by atoms with Gasteiger partial charge in [-0.1, -0.05) is 48.6 Å². The molecule has 4 bridgehead atoms. The Hall–Kier alpha value is -3.33. The van der Waals surface area contributed by atoms with Gasteiger partial charge >= 0.3 is 5.97 Å². The van der Waals surface area contributed by atoms with Crippen molar-refractivity contribution in [1.29, 1.82) is 0 Å². The summed E-state index contributed by atoms with van der Waals surface area (Å²) in [5.74, 6) is 2.09. The van der Waals surface area contributed by atoms with Crippen LogP contribution in [0.5, 0.6) is 5.75 Å². The van der Waals surface area contributed by atoms with Gasteiger partial charge in [-0.05, 0) is 41.8 Å². The molecule has 0 unspecified atom stereocenters. The Morgan fingerprint density at radius 1 is 1.00 bits per heavy atom. The third-order valence-corrected chi connectivity index (χ3v) is 4.85. The van der Waals surface area contributed by atoms with Crippen LogP contribution in [0.1, 0.15) is 21.5 Å². The van der Waals surface area contributed by atoms with E-state index in [1.54, 1.807) is 12.1 Å². The van der Waals surface area contributed by atoms with Crippen molar-refractivity contribution in [1.82, 2.24) is 0 Å². The van der Waals surface area contributed by atoms with Gasteiger partial charge in [0.25, 0.3) is 0 Å². The highest BCUT2D eigenvalue weighted by Gasteiger charge is 2.30. The van der Waals surface area contributed by atoms with Crippen LogP contribution in [0.2, 0.25) is 0 Å². The number of benzene rings is 2. The van der Waals surface area contributed by atoms with Crippen molar-refractivity contribution in [2.24, 2.45) is 0 Å². The summed E-state index contributed by atoms with van der Waals surface area (Å²) in [6.45, 7) is 0. The Morgan fingerprint density at radius 3 is 2.65 bits per heavy atom. The van der Waals surface area contributed by atoms with Crippen LogP contribution in [-0.4, -0.2) is 5.97 Å². The number of carbonyl (C=O) groups excluding carboxylic acids is 1. The quantitative estimate of drug-likeness (QED) is 0.789. The molecule has 0 radical (unpaired) electrons. The minimum Gasteiger partial charge on any atom is -0.460 e. The van der Waals surface area contributed by atoms with Gasteiger partial charge in [0.05, 0.1) is 10.8 Å². The molecule has 0 amide bonds. The Bertz CT molecular complexity index is 1130. The number of ether oxygens (including phenoxy) is 2. The summed E-state index contributed by atoms with van der Waals surface area (Å²) < 4.78 is 11.5. The molecular formula is C23H16O3. The lowest BCUT2D eigenvalue weighted by Crippen LogP contribution is -2.46. The minimum absolute atomic E-state index is 0.353. The summed E-state index contributed by atoms with van der Waals surface area (Å²) in [5, 5.41) is 2.08. The Labute approximate surface area is 150 Å². The van der Waals surface area contributed by atoms with E-state index in [9.17, 15) is 4.79 Å². The zero-order chi connectivity index (χ0) is 17.5. The predicted molar refractivity (Wildman–Crippen MR) is 99.8 cm³/mol. The summed E-state index contributed by atoms with van der Waals surface area (Å²) in [6, 6.07) is 11.2. The van der Waals surface area contributed by atoms with Crippen molar-refractivity contribution in [3.63, 3.8) is 0 Å². The SMILES string of the molecule is O=C(OC1=c2c(c3cc4c2=C(C3)O4)C/C=C\C=C\C=C1)c1ccccc1. The first-order valence-electron chi connectivity index (χ1n) is 8.68. The van der Waals surface area contributed by atoms with E-state index in [0.29, 0.717) is 11.3 Å². The summed E-state index contributed by atoms with van der Waals surface area (Å²) in [6.07, 6.45) is 13.5. The van der Waals surface area contributed by atoms with Crippen LogP contribution >= 0.6 is 0 Å². The second-order valence-corrected chi connectivity index (χ2v) is 6.46. The van der Waals surface area contributed by atoms with Crippen LogP contribution in [0.4, 0.5) is 0 Å². The molecule has 0 spiro atoms. The van der Waals surface area contributed by atoms with Gasteiger partial charge in [-0.15, -0.1) is 0 Å². The molecule has 7 rings (SSSR count). The fourth-order valence-electron chi connectivity index (χ4n) is 3.64. The average Bonchev–Trinajstić information content (AvgIpc) is 2.68. The molecule has 5 aliphatic rings. The Morgan fingerprint density at radius 2 is 1.85 bits per heavy atom. The first-order chi connectivity index (χ1) is 12.8. The fraction of sp³-hybridized carbons (Fsp3) is 0.0870. The van der Waals surface area contributed by atoms with E-state index in [-0.39, 0.29) is 5.97 Å². The number of esters is 1. The van der Waals surface area contributed by atoms with Crippen LogP contribution in [0.25, 0.3) is 11.5 Å². The standard InChI is InChI=1S/C23H16O3/c24-23(15-9-5-4-6-10-15)26-18-12-8-3-1-2-7-11-17-16-13-19-22(21(17)18)20(14-16)25-19/h1-10,12-13H,11,14H2/b3-1+,7-2-,12-8?,21-18?. The molecule has 3 aliphatic carbocycles. The van der Waals surface area contributed by atoms with Crippen LogP contribution < -0.4 is 15.2 Å². The van der Waals surface area contributed by atoms with Gasteiger partial charge in [0.1, 0.15) is 17.3 Å². The fourth-order valence-corrected chi connectivity index (χ4v) is 3.64. The van der Waals surface area contributed by atoms with E-state index < -0.39 is 0 Å². The molecule has 3 nitrogen and oxygen atoms in total. The molecule has 3 heteroatoms. The van der Waals surface area contributed by atoms with E-state index >= 15 is 0 Å². The lowest BCUT2D eigenvalue weighted by atomic mass is 9.87. The van der Waals surface area contributed by atoms with Crippen molar-refractivity contribution in [2.45, 2.75) is 12.8 Å². The summed E-state index contributed by atoms with van der Waals surface area (Å²) >= 11 is 0. The molecule has 0 fully saturated rings. The average molecular weight is 340 g/mol. The molecule has 2 aromatic rings. The third kappa shape index (κ3) is 2.32. The van der Waals surface area contributed by atoms with Gasteiger partial charge in [0, 0.05) is 11.6 Å². The molecule has 2 aromatic carbocycles. The van der Waals surface area contributed by atoms with E-state index in [2.05, 4.69) is 12.1 Å². The maximum atomic E-state index is 12.6. The van der Waals surface area contributed by atoms with E-state index in [4.69, 9.17) is 9.47 Å². The number of hydrogen-bond donors (Lipinski definition) is 0. The second kappa shape index (κ2) is 5.88. The predicted octanol–water partition coefficient (Wildman–Crippen LogP) is 2.93. The van der Waals surface area contributed by atoms with Gasteiger partial charge in [-0.25, -0.2) is 4.79 Å². The highest BCUT2D eigenvalue weighted by atomic mass is 16.5. The van der Waals surface area contributed by atoms with E-state index in [1.807, 2.05) is 48.6 Å². The van der Waals surface area contributed by atoms with Gasteiger partial charge in [0.2, 0.25) is 0 Å². The molecule has 0 N–H and O–H groups in total. The second-order valence-electron chi connectivity index (χ2n) is 6.46. The lowest BCUT2D eigenvalue weighted by Gasteiger charge is -2.30. The van der Waals surface area contributed by atoms with Crippen LogP contribution in [0, 0.1) is 0 Å². The zero-order valence-corrected chi connectivity index (χ0v) is 14.1. The molecule has 0 saturated heterocycles. The van der Waals surface area contributed by atoms with E-state index in [1.165, 1.54) is 11.1 Å². The number of carbonyl (C=O) groups is 1. The molecule has 26 heavy (non-hydrogen) atoms. The molecule has 0 saturated carbocycles. The minimum atomic E-state index is -0.353. The highest BCUT2D eigenvalue weighted by Crippen LogP contribution is 2.31. The highest BCUT2D eigenvalue weighted by molar-refractivity contribution is 5.92. The van der Waals surface area contributed by atoms with Gasteiger partial charge in [-0.3, -0.25) is 0 Å². The smallest absolute Gasteiger partial charge is 0.343 e. The number of rotatable bonds is 2. The Kier molecular flexibility index (Phi) is 3.39. The van der Waals surface area contributed by atoms with E-state index in [0.717, 1.165) is 34.8 Å². The van der Waals surface area contributed by atoms with Crippen molar-refractivity contribution in [3.05, 3.63) is 100.0 Å². The van der Waals surface area contributed by atoms with Crippen molar-refractivity contribution < 1.29 is 14.3 Å². The summed E-state index contributed by atoms with van der Waals surface area (Å²) in [4.78, 5) is 12.6. The van der Waals surface area contributed by atoms with Gasteiger partial charge in [0.15, 0.2) is 0 Å². The first kappa shape index (κ1) is 15.0. The normalized spacial score (nSPS) is 18.5. The van der Waals surface area contributed by atoms with Crippen molar-refractivity contribution >= 4 is 17.5 Å². The zero-order valence-electron chi connectivity index (χ0n) is 14.1. The Balaban J connectivity index is 1.72. The molecule has 2 aliphatic heterocycles. The van der Waals surface area contributed by atoms with Crippen LogP contribution in [-0.2, 0) is 17.6 Å². The molecule has 0 aromatic heterocycles. The monoisotopic (exact) mass is 340 g/mol.